The standard InChI is InChI=1S/C13H21NO/c1-13(2)6-3-4-11(13)12(14)8-10-5-7-15-9-10/h5,7,9,11-12H,3-4,6,8,14H2,1-2H3. The molecule has 1 aliphatic rings. The van der Waals surface area contributed by atoms with Crippen molar-refractivity contribution in [2.24, 2.45) is 17.1 Å². The Morgan fingerprint density at radius 1 is 1.60 bits per heavy atom. The molecule has 2 rings (SSSR count). The Balaban J connectivity index is 1.99. The van der Waals surface area contributed by atoms with Crippen LogP contribution in [0.3, 0.4) is 0 Å². The molecule has 0 radical (unpaired) electrons. The molecule has 15 heavy (non-hydrogen) atoms. The third-order valence-electron chi connectivity index (χ3n) is 3.91. The average Bonchev–Trinajstić information content (AvgIpc) is 2.73. The first kappa shape index (κ1) is 10.7. The summed E-state index contributed by atoms with van der Waals surface area (Å²) >= 11 is 0. The summed E-state index contributed by atoms with van der Waals surface area (Å²) in [7, 11) is 0. The van der Waals surface area contributed by atoms with E-state index in [1.165, 1.54) is 24.8 Å². The zero-order valence-electron chi connectivity index (χ0n) is 9.70. The van der Waals surface area contributed by atoms with Gasteiger partial charge >= 0.3 is 0 Å². The first-order chi connectivity index (χ1) is 7.09. The van der Waals surface area contributed by atoms with Crippen LogP contribution in [0.2, 0.25) is 0 Å². The summed E-state index contributed by atoms with van der Waals surface area (Å²) in [5.41, 5.74) is 7.95. The van der Waals surface area contributed by atoms with Crippen molar-refractivity contribution in [3.8, 4) is 0 Å². The van der Waals surface area contributed by atoms with Crippen molar-refractivity contribution < 1.29 is 4.42 Å². The summed E-state index contributed by atoms with van der Waals surface area (Å²) in [5, 5.41) is 0. The molecular weight excluding hydrogens is 186 g/mol. The fraction of sp³-hybridized carbons (Fsp3) is 0.692. The van der Waals surface area contributed by atoms with Crippen molar-refractivity contribution in [1.29, 1.82) is 0 Å². The van der Waals surface area contributed by atoms with Crippen molar-refractivity contribution in [3.63, 3.8) is 0 Å². The number of nitrogens with two attached hydrogens (primary N) is 1. The second kappa shape index (κ2) is 4.01. The molecule has 0 bridgehead atoms. The Labute approximate surface area is 91.8 Å². The molecule has 0 aromatic carbocycles. The summed E-state index contributed by atoms with van der Waals surface area (Å²) in [6.45, 7) is 4.69. The summed E-state index contributed by atoms with van der Waals surface area (Å²) in [6, 6.07) is 2.29. The number of furan rings is 1. The Hall–Kier alpha value is -0.760. The molecule has 1 aliphatic carbocycles. The van der Waals surface area contributed by atoms with Crippen LogP contribution in [0.5, 0.6) is 0 Å². The number of hydrogen-bond acceptors (Lipinski definition) is 2. The summed E-state index contributed by atoms with van der Waals surface area (Å²) in [4.78, 5) is 0. The highest BCUT2D eigenvalue weighted by Gasteiger charge is 2.37. The molecule has 84 valence electrons. The van der Waals surface area contributed by atoms with Gasteiger partial charge < -0.3 is 10.2 Å². The topological polar surface area (TPSA) is 39.2 Å². The van der Waals surface area contributed by atoms with E-state index in [4.69, 9.17) is 10.2 Å². The second-order valence-corrected chi connectivity index (χ2v) is 5.49. The lowest BCUT2D eigenvalue weighted by atomic mass is 9.76. The highest BCUT2D eigenvalue weighted by Crippen LogP contribution is 2.44. The van der Waals surface area contributed by atoms with Gasteiger partial charge in [-0.15, -0.1) is 0 Å². The van der Waals surface area contributed by atoms with E-state index >= 15 is 0 Å². The molecule has 1 heterocycles. The van der Waals surface area contributed by atoms with Crippen molar-refractivity contribution in [2.75, 3.05) is 0 Å². The average molecular weight is 207 g/mol. The van der Waals surface area contributed by atoms with Gasteiger partial charge in [0.1, 0.15) is 0 Å². The van der Waals surface area contributed by atoms with E-state index in [9.17, 15) is 0 Å². The predicted octanol–water partition coefficient (Wildman–Crippen LogP) is 2.98. The van der Waals surface area contributed by atoms with Crippen molar-refractivity contribution in [1.82, 2.24) is 0 Å². The van der Waals surface area contributed by atoms with Gasteiger partial charge in [-0.25, -0.2) is 0 Å². The molecule has 2 unspecified atom stereocenters. The molecule has 1 aromatic rings. The van der Waals surface area contributed by atoms with Crippen LogP contribution in [0.15, 0.2) is 23.0 Å². The van der Waals surface area contributed by atoms with E-state index in [0.717, 1.165) is 6.42 Å². The Kier molecular flexibility index (Phi) is 2.87. The van der Waals surface area contributed by atoms with Crippen LogP contribution in [0.25, 0.3) is 0 Å². The maximum absolute atomic E-state index is 6.30. The maximum Gasteiger partial charge on any atom is 0.0935 e. The lowest BCUT2D eigenvalue weighted by molar-refractivity contribution is 0.220. The van der Waals surface area contributed by atoms with Crippen LogP contribution in [-0.2, 0) is 6.42 Å². The summed E-state index contributed by atoms with van der Waals surface area (Å²) < 4.78 is 5.07. The van der Waals surface area contributed by atoms with Gasteiger partial charge in [-0.05, 0) is 42.2 Å². The third-order valence-corrected chi connectivity index (χ3v) is 3.91. The van der Waals surface area contributed by atoms with Gasteiger partial charge in [-0.1, -0.05) is 20.3 Å². The van der Waals surface area contributed by atoms with E-state index in [1.807, 2.05) is 12.3 Å². The zero-order valence-corrected chi connectivity index (χ0v) is 9.70. The van der Waals surface area contributed by atoms with E-state index in [-0.39, 0.29) is 6.04 Å². The highest BCUT2D eigenvalue weighted by molar-refractivity contribution is 5.08. The second-order valence-electron chi connectivity index (χ2n) is 5.49. The van der Waals surface area contributed by atoms with E-state index in [1.54, 1.807) is 6.26 Å². The molecule has 0 spiro atoms. The molecule has 2 N–H and O–H groups in total. The van der Waals surface area contributed by atoms with Gasteiger partial charge in [0.2, 0.25) is 0 Å². The van der Waals surface area contributed by atoms with Crippen LogP contribution in [0, 0.1) is 11.3 Å². The monoisotopic (exact) mass is 207 g/mol. The first-order valence-corrected chi connectivity index (χ1v) is 5.86. The number of rotatable bonds is 3. The van der Waals surface area contributed by atoms with Crippen molar-refractivity contribution in [2.45, 2.75) is 45.6 Å². The molecule has 0 aliphatic heterocycles. The van der Waals surface area contributed by atoms with Crippen LogP contribution < -0.4 is 5.73 Å². The largest absolute Gasteiger partial charge is 0.472 e. The molecule has 0 saturated heterocycles. The predicted molar refractivity (Wildman–Crippen MR) is 61.5 cm³/mol. The highest BCUT2D eigenvalue weighted by atomic mass is 16.3. The van der Waals surface area contributed by atoms with Crippen LogP contribution in [0.4, 0.5) is 0 Å². The smallest absolute Gasteiger partial charge is 0.0935 e. The third kappa shape index (κ3) is 2.25. The fourth-order valence-electron chi connectivity index (χ4n) is 2.97. The fourth-order valence-corrected chi connectivity index (χ4v) is 2.97. The van der Waals surface area contributed by atoms with E-state index < -0.39 is 0 Å². The molecule has 2 atom stereocenters. The minimum Gasteiger partial charge on any atom is -0.472 e. The Bertz CT molecular complexity index is 302. The van der Waals surface area contributed by atoms with E-state index in [2.05, 4.69) is 13.8 Å². The van der Waals surface area contributed by atoms with Crippen LogP contribution in [-0.4, -0.2) is 6.04 Å². The van der Waals surface area contributed by atoms with Crippen LogP contribution >= 0.6 is 0 Å². The zero-order chi connectivity index (χ0) is 10.9. The quantitative estimate of drug-likeness (QED) is 0.827. The molecule has 2 nitrogen and oxygen atoms in total. The van der Waals surface area contributed by atoms with Gasteiger partial charge in [0, 0.05) is 6.04 Å². The first-order valence-electron chi connectivity index (χ1n) is 5.86. The van der Waals surface area contributed by atoms with Crippen molar-refractivity contribution >= 4 is 0 Å². The summed E-state index contributed by atoms with van der Waals surface area (Å²) in [5.74, 6) is 0.660. The minimum absolute atomic E-state index is 0.278. The number of hydrogen-bond donors (Lipinski definition) is 1. The molecule has 1 aromatic heterocycles. The van der Waals surface area contributed by atoms with Gasteiger partial charge in [0.15, 0.2) is 0 Å². The Morgan fingerprint density at radius 3 is 2.93 bits per heavy atom. The van der Waals surface area contributed by atoms with Gasteiger partial charge in [0.05, 0.1) is 12.5 Å². The molecule has 0 amide bonds. The molecule has 2 heteroatoms. The molecular formula is C13H21NO. The lowest BCUT2D eigenvalue weighted by Gasteiger charge is -2.31. The maximum atomic E-state index is 6.30. The van der Waals surface area contributed by atoms with Gasteiger partial charge in [-0.2, -0.15) is 0 Å². The molecule has 1 saturated carbocycles. The SMILES string of the molecule is CC1(C)CCCC1C(N)Cc1ccoc1. The minimum atomic E-state index is 0.278. The van der Waals surface area contributed by atoms with Crippen LogP contribution in [0.1, 0.15) is 38.7 Å². The normalized spacial score (nSPS) is 26.7. The van der Waals surface area contributed by atoms with Gasteiger partial charge in [-0.3, -0.25) is 0 Å². The lowest BCUT2D eigenvalue weighted by Crippen LogP contribution is -2.37. The molecule has 1 fully saturated rings. The Morgan fingerprint density at radius 2 is 2.40 bits per heavy atom. The summed E-state index contributed by atoms with van der Waals surface area (Å²) in [6.07, 6.45) is 8.41. The van der Waals surface area contributed by atoms with Gasteiger partial charge in [0.25, 0.3) is 0 Å². The van der Waals surface area contributed by atoms with Crippen molar-refractivity contribution in [3.05, 3.63) is 24.2 Å². The van der Waals surface area contributed by atoms with E-state index in [0.29, 0.717) is 11.3 Å².